The van der Waals surface area contributed by atoms with E-state index >= 15 is 0 Å². The van der Waals surface area contributed by atoms with Crippen LogP contribution in [0, 0.1) is 0 Å². The second-order valence-corrected chi connectivity index (χ2v) is 9.27. The van der Waals surface area contributed by atoms with Crippen LogP contribution in [0.5, 0.6) is 0 Å². The summed E-state index contributed by atoms with van der Waals surface area (Å²) in [4.78, 5) is 54.4. The fourth-order valence-corrected chi connectivity index (χ4v) is 5.82. The van der Waals surface area contributed by atoms with E-state index in [-0.39, 0.29) is 17.1 Å². The molecular formula is C18H19N9O5S2. The van der Waals surface area contributed by atoms with Crippen molar-refractivity contribution in [3.8, 4) is 0 Å². The first-order chi connectivity index (χ1) is 16.3. The maximum Gasteiger partial charge on any atom is 0.352 e. The number of aliphatic carboxylic acids is 1. The highest BCUT2D eigenvalue weighted by molar-refractivity contribution is 8.01. The molecule has 0 spiro atoms. The van der Waals surface area contributed by atoms with E-state index in [1.165, 1.54) is 45.4 Å². The Labute approximate surface area is 200 Å². The number of nitrogens with one attached hydrogen (secondary N) is 2. The Balaban J connectivity index is 1.49. The predicted octanol–water partition coefficient (Wildman–Crippen LogP) is -1.15. The van der Waals surface area contributed by atoms with Crippen molar-refractivity contribution in [3.63, 3.8) is 0 Å². The molecule has 0 aliphatic carbocycles. The summed E-state index contributed by atoms with van der Waals surface area (Å²) >= 11 is 2.58. The molecule has 2 unspecified atom stereocenters. The number of tetrazole rings is 1. The van der Waals surface area contributed by atoms with E-state index in [1.807, 2.05) is 0 Å². The number of carboxylic acids is 1. The van der Waals surface area contributed by atoms with E-state index < -0.39 is 41.3 Å². The summed E-state index contributed by atoms with van der Waals surface area (Å²) in [5.41, 5.74) is 5.86. The summed E-state index contributed by atoms with van der Waals surface area (Å²) in [6.07, 6.45) is 1.45. The second-order valence-electron chi connectivity index (χ2n) is 7.22. The Bertz CT molecular complexity index is 1170. The first-order valence-corrected chi connectivity index (χ1v) is 11.8. The van der Waals surface area contributed by atoms with Crippen molar-refractivity contribution in [1.29, 1.82) is 0 Å². The number of β-lactam (4-membered cyclic amide) rings is 1. The van der Waals surface area contributed by atoms with Crippen molar-refractivity contribution in [3.05, 3.63) is 41.4 Å². The van der Waals surface area contributed by atoms with Crippen LogP contribution >= 0.6 is 23.5 Å². The van der Waals surface area contributed by atoms with Gasteiger partial charge in [0.05, 0.1) is 5.69 Å². The van der Waals surface area contributed by atoms with E-state index in [4.69, 9.17) is 5.73 Å². The number of thioether (sulfide) groups is 2. The molecule has 2 aliphatic heterocycles. The number of carboxylic acid groups (broad SMARTS) is 1. The molecule has 2 aromatic heterocycles. The lowest BCUT2D eigenvalue weighted by molar-refractivity contribution is -0.151. The standard InChI is InChI=1S/C18H19N9O5S2/c1-26-18(23-24-25-26)34-7-8-6-33-15-11(14(29)27(15)12(8)16(30)31)21-13(28)10(22-17(19)32)9-4-2-3-5-20-9/h2-5,10-11,15H,6-7H2,1H3,(H,21,28)(H,30,31)(H3,19,22,32)/t10?,11-,15?/m0/s1. The lowest BCUT2D eigenvalue weighted by Gasteiger charge is -2.49. The van der Waals surface area contributed by atoms with Gasteiger partial charge in [0, 0.05) is 24.8 Å². The first-order valence-electron chi connectivity index (χ1n) is 9.80. The van der Waals surface area contributed by atoms with Crippen LogP contribution in [0.3, 0.4) is 0 Å². The normalized spacial score (nSPS) is 20.3. The number of amides is 4. The number of pyridine rings is 1. The van der Waals surface area contributed by atoms with Gasteiger partial charge in [-0.25, -0.2) is 14.3 Å². The summed E-state index contributed by atoms with van der Waals surface area (Å²) in [7, 11) is 1.66. The number of aromatic nitrogens is 5. The van der Waals surface area contributed by atoms with Gasteiger partial charge in [-0.3, -0.25) is 19.5 Å². The number of carbonyl (C=O) groups excluding carboxylic acids is 3. The number of hydrogen-bond acceptors (Lipinski definition) is 10. The zero-order valence-electron chi connectivity index (χ0n) is 17.6. The maximum atomic E-state index is 12.9. The lowest BCUT2D eigenvalue weighted by Crippen LogP contribution is -2.71. The fraction of sp³-hybridized carbons (Fsp3) is 0.333. The highest BCUT2D eigenvalue weighted by atomic mass is 32.2. The van der Waals surface area contributed by atoms with Crippen molar-refractivity contribution in [2.24, 2.45) is 12.8 Å². The molecule has 2 aromatic rings. The molecule has 4 heterocycles. The minimum Gasteiger partial charge on any atom is -0.477 e. The van der Waals surface area contributed by atoms with Crippen molar-refractivity contribution in [2.45, 2.75) is 22.6 Å². The number of hydrogen-bond donors (Lipinski definition) is 4. The summed E-state index contributed by atoms with van der Waals surface area (Å²) in [6, 6.07) is 1.70. The molecule has 4 amide bonds. The third-order valence-corrected chi connectivity index (χ3v) is 7.47. The summed E-state index contributed by atoms with van der Waals surface area (Å²) in [5.74, 6) is -1.88. The smallest absolute Gasteiger partial charge is 0.352 e. The van der Waals surface area contributed by atoms with E-state index in [0.29, 0.717) is 16.5 Å². The Morgan fingerprint density at radius 2 is 2.18 bits per heavy atom. The molecule has 3 atom stereocenters. The van der Waals surface area contributed by atoms with Crippen LogP contribution in [0.2, 0.25) is 0 Å². The van der Waals surface area contributed by atoms with Gasteiger partial charge in [0.25, 0.3) is 5.91 Å². The topological polar surface area (TPSA) is 198 Å². The van der Waals surface area contributed by atoms with Crippen LogP contribution < -0.4 is 16.4 Å². The minimum absolute atomic E-state index is 0.113. The summed E-state index contributed by atoms with van der Waals surface area (Å²) in [5, 5.41) is 25.7. The van der Waals surface area contributed by atoms with Crippen LogP contribution in [-0.2, 0) is 21.4 Å². The van der Waals surface area contributed by atoms with E-state index in [9.17, 15) is 24.3 Å². The van der Waals surface area contributed by atoms with Gasteiger partial charge in [0.15, 0.2) is 6.04 Å². The Hall–Kier alpha value is -3.66. The van der Waals surface area contributed by atoms with E-state index in [0.717, 1.165) is 0 Å². The predicted molar refractivity (Wildman–Crippen MR) is 119 cm³/mol. The Morgan fingerprint density at radius 3 is 2.79 bits per heavy atom. The largest absolute Gasteiger partial charge is 0.477 e. The first kappa shape index (κ1) is 23.5. The Morgan fingerprint density at radius 1 is 1.38 bits per heavy atom. The van der Waals surface area contributed by atoms with Crippen molar-refractivity contribution in [1.82, 2.24) is 40.7 Å². The molecule has 0 bridgehead atoms. The number of primary amides is 1. The van der Waals surface area contributed by atoms with Crippen LogP contribution in [0.4, 0.5) is 4.79 Å². The number of aryl methyl sites for hydroxylation is 1. The molecule has 16 heteroatoms. The molecule has 4 rings (SSSR count). The maximum absolute atomic E-state index is 12.9. The molecule has 0 saturated carbocycles. The Kier molecular flexibility index (Phi) is 6.69. The van der Waals surface area contributed by atoms with Crippen molar-refractivity contribution < 1.29 is 24.3 Å². The number of fused-ring (bicyclic) bond motifs is 1. The van der Waals surface area contributed by atoms with Gasteiger partial charge in [0.2, 0.25) is 11.1 Å². The number of carbonyl (C=O) groups is 4. The highest BCUT2D eigenvalue weighted by Gasteiger charge is 2.54. The van der Waals surface area contributed by atoms with Gasteiger partial charge >= 0.3 is 12.0 Å². The monoisotopic (exact) mass is 505 g/mol. The molecule has 2 aliphatic rings. The molecule has 14 nitrogen and oxygen atoms in total. The van der Waals surface area contributed by atoms with Gasteiger partial charge < -0.3 is 21.5 Å². The minimum atomic E-state index is -1.24. The quantitative estimate of drug-likeness (QED) is 0.249. The van der Waals surface area contributed by atoms with Crippen LogP contribution in [0.25, 0.3) is 0 Å². The zero-order chi connectivity index (χ0) is 24.4. The molecule has 1 fully saturated rings. The van der Waals surface area contributed by atoms with Crippen LogP contribution in [-0.4, -0.2) is 81.9 Å². The van der Waals surface area contributed by atoms with Gasteiger partial charge in [-0.15, -0.1) is 16.9 Å². The summed E-state index contributed by atoms with van der Waals surface area (Å²) < 4.78 is 1.46. The fourth-order valence-electron chi connectivity index (χ4n) is 3.49. The molecule has 1 saturated heterocycles. The number of rotatable bonds is 8. The number of nitrogens with zero attached hydrogens (tertiary/aromatic N) is 6. The molecule has 5 N–H and O–H groups in total. The molecule has 34 heavy (non-hydrogen) atoms. The molecule has 0 radical (unpaired) electrons. The van der Waals surface area contributed by atoms with Crippen molar-refractivity contribution >= 4 is 47.3 Å². The van der Waals surface area contributed by atoms with Gasteiger partial charge in [-0.2, -0.15) is 0 Å². The number of nitrogens with two attached hydrogens (primary N) is 1. The lowest BCUT2D eigenvalue weighted by atomic mass is 10.0. The highest BCUT2D eigenvalue weighted by Crippen LogP contribution is 2.41. The molecular weight excluding hydrogens is 486 g/mol. The van der Waals surface area contributed by atoms with E-state index in [1.54, 1.807) is 19.2 Å². The van der Waals surface area contributed by atoms with Gasteiger partial charge in [-0.1, -0.05) is 17.8 Å². The van der Waals surface area contributed by atoms with E-state index in [2.05, 4.69) is 31.1 Å². The SMILES string of the molecule is Cn1nnnc1SCC1=C(C(=O)O)N2C(=O)[C@H](NC(=O)C(NC(N)=O)c3ccccn3)C2SC1. The van der Waals surface area contributed by atoms with Gasteiger partial charge in [0.1, 0.15) is 17.1 Å². The zero-order valence-corrected chi connectivity index (χ0v) is 19.2. The molecule has 178 valence electrons. The average molecular weight is 506 g/mol. The second kappa shape index (κ2) is 9.68. The third kappa shape index (κ3) is 4.54. The summed E-state index contributed by atoms with van der Waals surface area (Å²) in [6.45, 7) is 0. The van der Waals surface area contributed by atoms with Crippen LogP contribution in [0.1, 0.15) is 11.7 Å². The third-order valence-electron chi connectivity index (χ3n) is 5.04. The van der Waals surface area contributed by atoms with Crippen LogP contribution in [0.15, 0.2) is 40.8 Å². The van der Waals surface area contributed by atoms with Gasteiger partial charge in [-0.05, 0) is 28.1 Å². The average Bonchev–Trinajstić information content (AvgIpc) is 3.23. The number of urea groups is 1. The van der Waals surface area contributed by atoms with Crippen molar-refractivity contribution in [2.75, 3.05) is 11.5 Å². The molecule has 0 aromatic carbocycles.